The van der Waals surface area contributed by atoms with E-state index in [4.69, 9.17) is 4.74 Å². The summed E-state index contributed by atoms with van der Waals surface area (Å²) in [6, 6.07) is 26.7. The van der Waals surface area contributed by atoms with Gasteiger partial charge in [0.25, 0.3) is 5.91 Å². The third kappa shape index (κ3) is 7.39. The van der Waals surface area contributed by atoms with E-state index in [9.17, 15) is 9.59 Å². The minimum Gasteiger partial charge on any atom is -0.372 e. The molecule has 0 bridgehead atoms. The first kappa shape index (κ1) is 22.2. The van der Waals surface area contributed by atoms with Crippen LogP contribution in [0, 0.1) is 0 Å². The van der Waals surface area contributed by atoms with E-state index < -0.39 is 0 Å². The molecular weight excluding hydrogens is 388 g/mol. The summed E-state index contributed by atoms with van der Waals surface area (Å²) < 4.78 is 5.84. The Hall–Kier alpha value is -3.44. The molecule has 0 aliphatic rings. The Morgan fingerprint density at radius 2 is 1.42 bits per heavy atom. The van der Waals surface area contributed by atoms with Crippen molar-refractivity contribution in [2.24, 2.45) is 0 Å². The highest BCUT2D eigenvalue weighted by Crippen LogP contribution is 2.12. The molecule has 31 heavy (non-hydrogen) atoms. The number of carbonyl (C=O) groups is 2. The molecule has 0 aromatic heterocycles. The summed E-state index contributed by atoms with van der Waals surface area (Å²) in [5.74, 6) is -0.289. The van der Waals surface area contributed by atoms with Crippen molar-refractivity contribution in [1.82, 2.24) is 10.6 Å². The van der Waals surface area contributed by atoms with E-state index in [1.54, 1.807) is 12.1 Å². The molecule has 0 saturated heterocycles. The average molecular weight is 417 g/mol. The van der Waals surface area contributed by atoms with Crippen LogP contribution in [0.25, 0.3) is 0 Å². The van der Waals surface area contributed by atoms with Crippen molar-refractivity contribution in [1.29, 1.82) is 0 Å². The SMILES string of the molecule is CC(CC(=O)NCc1ccccc1COCc1ccccc1)NC(=O)c1ccccc1. The molecule has 0 heterocycles. The van der Waals surface area contributed by atoms with Crippen LogP contribution in [0.1, 0.15) is 40.4 Å². The van der Waals surface area contributed by atoms with Crippen molar-refractivity contribution in [3.63, 3.8) is 0 Å². The zero-order chi connectivity index (χ0) is 21.9. The second-order valence-electron chi connectivity index (χ2n) is 7.47. The fourth-order valence-electron chi connectivity index (χ4n) is 3.22. The second kappa shape index (κ2) is 11.7. The second-order valence-corrected chi connectivity index (χ2v) is 7.47. The van der Waals surface area contributed by atoms with Gasteiger partial charge in [0.05, 0.1) is 13.2 Å². The van der Waals surface area contributed by atoms with Gasteiger partial charge in [-0.2, -0.15) is 0 Å². The molecule has 1 atom stereocenters. The molecule has 2 amide bonds. The molecule has 0 spiro atoms. The normalized spacial score (nSPS) is 11.5. The van der Waals surface area contributed by atoms with E-state index >= 15 is 0 Å². The minimum atomic E-state index is -0.267. The topological polar surface area (TPSA) is 67.4 Å². The number of hydrogen-bond acceptors (Lipinski definition) is 3. The lowest BCUT2D eigenvalue weighted by Gasteiger charge is -2.15. The summed E-state index contributed by atoms with van der Waals surface area (Å²) >= 11 is 0. The number of benzene rings is 3. The highest BCUT2D eigenvalue weighted by molar-refractivity contribution is 5.94. The molecule has 0 radical (unpaired) electrons. The van der Waals surface area contributed by atoms with Crippen molar-refractivity contribution in [3.05, 3.63) is 107 Å². The van der Waals surface area contributed by atoms with Crippen LogP contribution in [0.3, 0.4) is 0 Å². The van der Waals surface area contributed by atoms with Crippen LogP contribution < -0.4 is 10.6 Å². The lowest BCUT2D eigenvalue weighted by Crippen LogP contribution is -2.37. The first-order valence-electron chi connectivity index (χ1n) is 10.4. The van der Waals surface area contributed by atoms with Gasteiger partial charge >= 0.3 is 0 Å². The minimum absolute atomic E-state index is 0.110. The fourth-order valence-corrected chi connectivity index (χ4v) is 3.22. The predicted molar refractivity (Wildman–Crippen MR) is 121 cm³/mol. The molecule has 3 aromatic rings. The third-order valence-corrected chi connectivity index (χ3v) is 4.87. The van der Waals surface area contributed by atoms with E-state index in [0.717, 1.165) is 16.7 Å². The molecule has 5 nitrogen and oxygen atoms in total. The maximum atomic E-state index is 12.4. The van der Waals surface area contributed by atoms with Gasteiger partial charge in [-0.25, -0.2) is 0 Å². The number of carbonyl (C=O) groups excluding carboxylic acids is 2. The van der Waals surface area contributed by atoms with Crippen LogP contribution in [0.5, 0.6) is 0 Å². The monoisotopic (exact) mass is 416 g/mol. The van der Waals surface area contributed by atoms with Crippen LogP contribution in [-0.4, -0.2) is 17.9 Å². The van der Waals surface area contributed by atoms with Crippen molar-refractivity contribution < 1.29 is 14.3 Å². The van der Waals surface area contributed by atoms with E-state index in [-0.39, 0.29) is 24.3 Å². The maximum Gasteiger partial charge on any atom is 0.251 e. The Balaban J connectivity index is 1.44. The molecule has 1 unspecified atom stereocenters. The summed E-state index contributed by atoms with van der Waals surface area (Å²) in [6.45, 7) is 3.26. The van der Waals surface area contributed by atoms with E-state index in [0.29, 0.717) is 25.3 Å². The largest absolute Gasteiger partial charge is 0.372 e. The smallest absolute Gasteiger partial charge is 0.251 e. The first-order valence-corrected chi connectivity index (χ1v) is 10.4. The molecule has 160 valence electrons. The van der Waals surface area contributed by atoms with Gasteiger partial charge in [0.15, 0.2) is 0 Å². The quantitative estimate of drug-likeness (QED) is 0.520. The first-order chi connectivity index (χ1) is 15.1. The summed E-state index contributed by atoms with van der Waals surface area (Å²) in [5, 5.41) is 5.81. The van der Waals surface area contributed by atoms with Gasteiger partial charge in [-0.15, -0.1) is 0 Å². The summed E-state index contributed by atoms with van der Waals surface area (Å²) in [7, 11) is 0. The van der Waals surface area contributed by atoms with Crippen molar-refractivity contribution >= 4 is 11.8 Å². The van der Waals surface area contributed by atoms with Gasteiger partial charge < -0.3 is 15.4 Å². The Morgan fingerprint density at radius 3 is 2.13 bits per heavy atom. The molecule has 0 aliphatic carbocycles. The zero-order valence-electron chi connectivity index (χ0n) is 17.7. The molecule has 2 N–H and O–H groups in total. The fraction of sp³-hybridized carbons (Fsp3) is 0.231. The summed E-state index contributed by atoms with van der Waals surface area (Å²) in [5.41, 5.74) is 3.77. The Morgan fingerprint density at radius 1 is 0.806 bits per heavy atom. The average Bonchev–Trinajstić information content (AvgIpc) is 2.79. The van der Waals surface area contributed by atoms with Crippen LogP contribution >= 0.6 is 0 Å². The highest BCUT2D eigenvalue weighted by Gasteiger charge is 2.13. The van der Waals surface area contributed by atoms with Crippen molar-refractivity contribution in [2.45, 2.75) is 39.1 Å². The predicted octanol–water partition coefficient (Wildman–Crippen LogP) is 4.23. The number of amides is 2. The highest BCUT2D eigenvalue weighted by atomic mass is 16.5. The maximum absolute atomic E-state index is 12.4. The van der Waals surface area contributed by atoms with Crippen molar-refractivity contribution in [2.75, 3.05) is 0 Å². The molecule has 0 saturated carbocycles. The number of nitrogens with one attached hydrogen (secondary N) is 2. The standard InChI is InChI=1S/C26H28N2O3/c1-20(28-26(30)22-12-6-3-7-13-22)16-25(29)27-17-23-14-8-9-15-24(23)19-31-18-21-10-4-2-5-11-21/h2-15,20H,16-19H2,1H3,(H,27,29)(H,28,30). The van der Waals surface area contributed by atoms with Crippen molar-refractivity contribution in [3.8, 4) is 0 Å². The van der Waals surface area contributed by atoms with Gasteiger partial charge in [0.1, 0.15) is 0 Å². The van der Waals surface area contributed by atoms with Gasteiger partial charge in [-0.1, -0.05) is 72.8 Å². The summed E-state index contributed by atoms with van der Waals surface area (Å²) in [4.78, 5) is 24.6. The van der Waals surface area contributed by atoms with Gasteiger partial charge in [0, 0.05) is 24.6 Å². The van der Waals surface area contributed by atoms with Gasteiger partial charge in [-0.05, 0) is 35.7 Å². The van der Waals surface area contributed by atoms with Crippen LogP contribution in [0.4, 0.5) is 0 Å². The molecule has 0 aliphatic heterocycles. The lowest BCUT2D eigenvalue weighted by atomic mass is 10.1. The lowest BCUT2D eigenvalue weighted by molar-refractivity contribution is -0.121. The van der Waals surface area contributed by atoms with Gasteiger partial charge in [0.2, 0.25) is 5.91 Å². The van der Waals surface area contributed by atoms with Crippen LogP contribution in [0.15, 0.2) is 84.9 Å². The number of hydrogen-bond donors (Lipinski definition) is 2. The molecule has 5 heteroatoms. The van der Waals surface area contributed by atoms with Gasteiger partial charge in [-0.3, -0.25) is 9.59 Å². The number of ether oxygens (including phenoxy) is 1. The number of rotatable bonds is 10. The molecule has 3 aromatic carbocycles. The van der Waals surface area contributed by atoms with E-state index in [2.05, 4.69) is 10.6 Å². The molecular formula is C26H28N2O3. The van der Waals surface area contributed by atoms with E-state index in [1.807, 2.05) is 79.7 Å². The van der Waals surface area contributed by atoms with Crippen LogP contribution in [0.2, 0.25) is 0 Å². The molecule has 0 fully saturated rings. The Labute approximate surface area is 183 Å². The Kier molecular flexibility index (Phi) is 8.38. The summed E-state index contributed by atoms with van der Waals surface area (Å²) in [6.07, 6.45) is 0.214. The van der Waals surface area contributed by atoms with Crippen LogP contribution in [-0.2, 0) is 29.3 Å². The van der Waals surface area contributed by atoms with E-state index in [1.165, 1.54) is 0 Å². The third-order valence-electron chi connectivity index (χ3n) is 4.87. The Bertz CT molecular complexity index is 974. The molecule has 3 rings (SSSR count). The zero-order valence-corrected chi connectivity index (χ0v) is 17.7.